The van der Waals surface area contributed by atoms with Gasteiger partial charge in [0, 0.05) is 0 Å². The zero-order valence-electron chi connectivity index (χ0n) is 7.16. The van der Waals surface area contributed by atoms with Crippen molar-refractivity contribution in [3.05, 3.63) is 12.2 Å². The number of allylic oxidation sites excluding steroid dienone is 2. The number of hydrogen-bond donors (Lipinski definition) is 0. The Morgan fingerprint density at radius 1 is 1.08 bits per heavy atom. The van der Waals surface area contributed by atoms with Crippen LogP contribution in [0, 0.1) is 29.6 Å². The van der Waals surface area contributed by atoms with Crippen molar-refractivity contribution >= 4 is 0 Å². The Bertz CT molecular complexity index is 204. The van der Waals surface area contributed by atoms with E-state index >= 15 is 0 Å². The summed E-state index contributed by atoms with van der Waals surface area (Å²) in [5.74, 6) is 5.37. The van der Waals surface area contributed by atoms with Gasteiger partial charge in [0.25, 0.3) is 0 Å². The van der Waals surface area contributed by atoms with E-state index in [0.717, 1.165) is 29.6 Å². The molecular weight excluding hydrogens is 144 g/mol. The summed E-state index contributed by atoms with van der Waals surface area (Å²) in [5, 5.41) is 0. The first kappa shape index (κ1) is 8.34. The minimum atomic E-state index is 0. The van der Waals surface area contributed by atoms with E-state index in [9.17, 15) is 0 Å². The van der Waals surface area contributed by atoms with E-state index in [1.165, 1.54) is 19.3 Å². The minimum absolute atomic E-state index is 0. The fourth-order valence-electron chi connectivity index (χ4n) is 3.78. The fourth-order valence-corrected chi connectivity index (χ4v) is 3.78. The van der Waals surface area contributed by atoms with Crippen molar-refractivity contribution in [1.82, 2.24) is 0 Å². The van der Waals surface area contributed by atoms with Crippen LogP contribution in [0.5, 0.6) is 0 Å². The summed E-state index contributed by atoms with van der Waals surface area (Å²) in [4.78, 5) is 0. The van der Waals surface area contributed by atoms with Crippen molar-refractivity contribution in [2.75, 3.05) is 0 Å². The van der Waals surface area contributed by atoms with E-state index in [2.05, 4.69) is 19.1 Å². The van der Waals surface area contributed by atoms with Crippen molar-refractivity contribution < 1.29 is 0 Å². The van der Waals surface area contributed by atoms with E-state index in [1.807, 2.05) is 0 Å². The molecule has 0 saturated heterocycles. The van der Waals surface area contributed by atoms with Gasteiger partial charge in [0.15, 0.2) is 0 Å². The van der Waals surface area contributed by atoms with Crippen molar-refractivity contribution in [2.24, 2.45) is 29.6 Å². The van der Waals surface area contributed by atoms with E-state index in [4.69, 9.17) is 0 Å². The summed E-state index contributed by atoms with van der Waals surface area (Å²) >= 11 is 0. The van der Waals surface area contributed by atoms with Crippen LogP contribution in [0.1, 0.15) is 33.6 Å². The molecule has 0 aromatic rings. The lowest BCUT2D eigenvalue weighted by Gasteiger charge is -2.45. The fraction of sp³-hybridized carbons (Fsp3) is 0.833. The second-order valence-corrected chi connectivity index (χ2v) is 4.81. The molecule has 5 unspecified atom stereocenters. The maximum atomic E-state index is 2.49. The average molecular weight is 164 g/mol. The van der Waals surface area contributed by atoms with Crippen molar-refractivity contribution in [3.63, 3.8) is 0 Å². The van der Waals surface area contributed by atoms with Crippen LogP contribution in [0.15, 0.2) is 12.2 Å². The SMILES string of the molecule is C.CC1CC2C3C=CCC3C2C1. The molecule has 5 atom stereocenters. The van der Waals surface area contributed by atoms with Gasteiger partial charge in [-0.3, -0.25) is 0 Å². The van der Waals surface area contributed by atoms with Crippen LogP contribution < -0.4 is 0 Å². The van der Waals surface area contributed by atoms with Gasteiger partial charge in [0.2, 0.25) is 0 Å². The van der Waals surface area contributed by atoms with E-state index < -0.39 is 0 Å². The quantitative estimate of drug-likeness (QED) is 0.481. The van der Waals surface area contributed by atoms with Crippen LogP contribution >= 0.6 is 0 Å². The molecule has 0 N–H and O–H groups in total. The molecule has 0 nitrogen and oxygen atoms in total. The smallest absolute Gasteiger partial charge is 0.0168 e. The van der Waals surface area contributed by atoms with Crippen LogP contribution in [-0.4, -0.2) is 0 Å². The van der Waals surface area contributed by atoms with Gasteiger partial charge >= 0.3 is 0 Å². The predicted molar refractivity (Wildman–Crippen MR) is 52.8 cm³/mol. The summed E-state index contributed by atoms with van der Waals surface area (Å²) in [6, 6.07) is 0. The molecule has 68 valence electrons. The van der Waals surface area contributed by atoms with Gasteiger partial charge in [-0.1, -0.05) is 26.5 Å². The van der Waals surface area contributed by atoms with Crippen molar-refractivity contribution in [2.45, 2.75) is 33.6 Å². The second kappa shape index (κ2) is 2.61. The third kappa shape index (κ3) is 0.841. The Kier molecular flexibility index (Phi) is 1.82. The molecule has 3 aliphatic rings. The lowest BCUT2D eigenvalue weighted by Crippen LogP contribution is -2.39. The van der Waals surface area contributed by atoms with Crippen LogP contribution in [0.4, 0.5) is 0 Å². The van der Waals surface area contributed by atoms with E-state index in [-0.39, 0.29) is 7.43 Å². The lowest BCUT2D eigenvalue weighted by atomic mass is 9.60. The maximum Gasteiger partial charge on any atom is -0.0168 e. The first-order chi connectivity index (χ1) is 5.36. The highest BCUT2D eigenvalue weighted by Gasteiger charge is 2.53. The predicted octanol–water partition coefficient (Wildman–Crippen LogP) is 3.49. The van der Waals surface area contributed by atoms with E-state index in [0.29, 0.717) is 0 Å². The monoisotopic (exact) mass is 164 g/mol. The van der Waals surface area contributed by atoms with Gasteiger partial charge in [-0.15, -0.1) is 0 Å². The standard InChI is InChI=1S/C11H16.CH4/c1-7-5-10-8-3-2-4-9(8)11(10)6-7;/h2-3,7-11H,4-6H2,1H3;1H4. The third-order valence-electron chi connectivity index (χ3n) is 4.20. The van der Waals surface area contributed by atoms with Gasteiger partial charge in [-0.05, 0) is 48.9 Å². The Morgan fingerprint density at radius 2 is 1.83 bits per heavy atom. The Morgan fingerprint density at radius 3 is 2.67 bits per heavy atom. The van der Waals surface area contributed by atoms with Crippen molar-refractivity contribution in [3.8, 4) is 0 Å². The molecule has 0 aliphatic heterocycles. The minimum Gasteiger partial charge on any atom is -0.0879 e. The molecule has 2 saturated carbocycles. The summed E-state index contributed by atoms with van der Waals surface area (Å²) in [6.45, 7) is 2.43. The number of fused-ring (bicyclic) bond motifs is 4. The molecule has 0 amide bonds. The second-order valence-electron chi connectivity index (χ2n) is 4.81. The maximum absolute atomic E-state index is 2.49. The van der Waals surface area contributed by atoms with Crippen LogP contribution in [0.2, 0.25) is 0 Å². The first-order valence-corrected chi connectivity index (χ1v) is 5.03. The van der Waals surface area contributed by atoms with E-state index in [1.54, 1.807) is 0 Å². The molecule has 3 rings (SSSR count). The van der Waals surface area contributed by atoms with Gasteiger partial charge in [0.05, 0.1) is 0 Å². The topological polar surface area (TPSA) is 0 Å². The first-order valence-electron chi connectivity index (χ1n) is 5.03. The molecule has 0 aromatic heterocycles. The molecule has 0 bridgehead atoms. The summed E-state index contributed by atoms with van der Waals surface area (Å²) in [7, 11) is 0. The summed E-state index contributed by atoms with van der Waals surface area (Å²) in [6.07, 6.45) is 9.37. The third-order valence-corrected chi connectivity index (χ3v) is 4.20. The molecule has 3 aliphatic carbocycles. The zero-order chi connectivity index (χ0) is 7.42. The molecule has 0 heteroatoms. The van der Waals surface area contributed by atoms with Gasteiger partial charge < -0.3 is 0 Å². The summed E-state index contributed by atoms with van der Waals surface area (Å²) < 4.78 is 0. The Hall–Kier alpha value is -0.260. The number of hydrogen-bond acceptors (Lipinski definition) is 0. The Balaban J connectivity index is 0.000000563. The highest BCUT2D eigenvalue weighted by atomic mass is 14.6. The molecule has 0 spiro atoms. The molecule has 0 aromatic carbocycles. The van der Waals surface area contributed by atoms with Crippen LogP contribution in [-0.2, 0) is 0 Å². The van der Waals surface area contributed by atoms with Crippen LogP contribution in [0.25, 0.3) is 0 Å². The largest absolute Gasteiger partial charge is 0.0879 e. The van der Waals surface area contributed by atoms with Gasteiger partial charge in [0.1, 0.15) is 0 Å². The van der Waals surface area contributed by atoms with Gasteiger partial charge in [-0.2, -0.15) is 0 Å². The normalized spacial score (nSPS) is 53.9. The Labute approximate surface area is 76.1 Å². The highest BCUT2D eigenvalue weighted by molar-refractivity contribution is 5.15. The molecular formula is C12H20. The van der Waals surface area contributed by atoms with Crippen molar-refractivity contribution in [1.29, 1.82) is 0 Å². The zero-order valence-corrected chi connectivity index (χ0v) is 7.16. The van der Waals surface area contributed by atoms with Crippen LogP contribution in [0.3, 0.4) is 0 Å². The van der Waals surface area contributed by atoms with Gasteiger partial charge in [-0.25, -0.2) is 0 Å². The molecule has 2 fully saturated rings. The molecule has 0 radical (unpaired) electrons. The highest BCUT2D eigenvalue weighted by Crippen LogP contribution is 2.60. The number of rotatable bonds is 0. The molecule has 12 heavy (non-hydrogen) atoms. The average Bonchev–Trinajstić information content (AvgIpc) is 2.49. The lowest BCUT2D eigenvalue weighted by molar-refractivity contribution is 0.0514. The molecule has 0 heterocycles. The summed E-state index contributed by atoms with van der Waals surface area (Å²) in [5.41, 5.74) is 0.